The predicted molar refractivity (Wildman–Crippen MR) is 78.7 cm³/mol. The summed E-state index contributed by atoms with van der Waals surface area (Å²) < 4.78 is 44.4. The highest BCUT2D eigenvalue weighted by Crippen LogP contribution is 2.38. The van der Waals surface area contributed by atoms with Crippen LogP contribution in [0.25, 0.3) is 0 Å². The highest BCUT2D eigenvalue weighted by Gasteiger charge is 2.48. The molecule has 1 aromatic rings. The van der Waals surface area contributed by atoms with Crippen LogP contribution >= 0.6 is 0 Å². The van der Waals surface area contributed by atoms with Crippen molar-refractivity contribution in [3.63, 3.8) is 0 Å². The minimum absolute atomic E-state index is 0.0598. The van der Waals surface area contributed by atoms with Crippen molar-refractivity contribution >= 4 is 0 Å². The van der Waals surface area contributed by atoms with Crippen molar-refractivity contribution in [3.8, 4) is 5.88 Å². The van der Waals surface area contributed by atoms with E-state index in [2.05, 4.69) is 4.98 Å². The molecule has 0 radical (unpaired) electrons. The third-order valence-electron chi connectivity index (χ3n) is 4.20. The molecule has 0 N–H and O–H groups in total. The summed E-state index contributed by atoms with van der Waals surface area (Å²) in [6.45, 7) is 4.55. The number of halogens is 3. The van der Waals surface area contributed by atoms with Crippen LogP contribution in [0, 0.1) is 11.3 Å². The van der Waals surface area contributed by atoms with Gasteiger partial charge in [-0.2, -0.15) is 13.2 Å². The van der Waals surface area contributed by atoms with Crippen LogP contribution in [-0.4, -0.2) is 42.3 Å². The molecule has 0 saturated carbocycles. The van der Waals surface area contributed by atoms with Gasteiger partial charge in [-0.15, -0.1) is 0 Å². The topological polar surface area (TPSA) is 25.4 Å². The van der Waals surface area contributed by atoms with Crippen molar-refractivity contribution < 1.29 is 17.9 Å². The van der Waals surface area contributed by atoms with Crippen LogP contribution in [0.3, 0.4) is 0 Å². The SMILES string of the molecule is CC(C)(CN1CCC(COc2ccccn2)CC1)C(F)(F)F. The maximum absolute atomic E-state index is 12.9. The van der Waals surface area contributed by atoms with E-state index in [1.807, 2.05) is 17.0 Å². The van der Waals surface area contributed by atoms with E-state index < -0.39 is 11.6 Å². The molecule has 0 unspecified atom stereocenters. The van der Waals surface area contributed by atoms with E-state index in [9.17, 15) is 13.2 Å². The molecule has 2 rings (SSSR count). The lowest BCUT2D eigenvalue weighted by Crippen LogP contribution is -2.46. The zero-order chi connectivity index (χ0) is 16.2. The second-order valence-corrected chi connectivity index (χ2v) is 6.58. The smallest absolute Gasteiger partial charge is 0.395 e. The molecule has 2 heterocycles. The molecule has 0 atom stereocenters. The second-order valence-electron chi connectivity index (χ2n) is 6.58. The van der Waals surface area contributed by atoms with Gasteiger partial charge in [0.1, 0.15) is 0 Å². The molecule has 22 heavy (non-hydrogen) atoms. The Bertz CT molecular complexity index is 454. The molecule has 0 aromatic carbocycles. The van der Waals surface area contributed by atoms with Crippen molar-refractivity contribution in [3.05, 3.63) is 24.4 Å². The van der Waals surface area contributed by atoms with Gasteiger partial charge in [0.05, 0.1) is 12.0 Å². The summed E-state index contributed by atoms with van der Waals surface area (Å²) in [6.07, 6.45) is -0.759. The number of piperidine rings is 1. The van der Waals surface area contributed by atoms with Gasteiger partial charge in [0.2, 0.25) is 5.88 Å². The normalized spacial score (nSPS) is 18.4. The Morgan fingerprint density at radius 3 is 2.45 bits per heavy atom. The number of pyridine rings is 1. The third-order valence-corrected chi connectivity index (χ3v) is 4.20. The number of rotatable bonds is 5. The van der Waals surface area contributed by atoms with Crippen molar-refractivity contribution in [2.45, 2.75) is 32.9 Å². The highest BCUT2D eigenvalue weighted by molar-refractivity contribution is 5.09. The molecule has 1 aliphatic heterocycles. The molecule has 1 saturated heterocycles. The standard InChI is InChI=1S/C16H23F3N2O/c1-15(2,16(17,18)19)12-21-9-6-13(7-10-21)11-22-14-5-3-4-8-20-14/h3-5,8,13H,6-7,9-12H2,1-2H3. The van der Waals surface area contributed by atoms with Gasteiger partial charge in [-0.3, -0.25) is 0 Å². The monoisotopic (exact) mass is 316 g/mol. The van der Waals surface area contributed by atoms with Gasteiger partial charge in [0.15, 0.2) is 0 Å². The maximum atomic E-state index is 12.9. The third kappa shape index (κ3) is 4.60. The summed E-state index contributed by atoms with van der Waals surface area (Å²) in [5.74, 6) is 0.982. The fourth-order valence-electron chi connectivity index (χ4n) is 2.60. The van der Waals surface area contributed by atoms with Crippen LogP contribution < -0.4 is 4.74 Å². The molecule has 0 aliphatic carbocycles. The van der Waals surface area contributed by atoms with Crippen LogP contribution in [0.1, 0.15) is 26.7 Å². The van der Waals surface area contributed by atoms with E-state index in [4.69, 9.17) is 4.74 Å². The number of nitrogens with zero attached hydrogens (tertiary/aromatic N) is 2. The van der Waals surface area contributed by atoms with Crippen LogP contribution in [-0.2, 0) is 0 Å². The summed E-state index contributed by atoms with van der Waals surface area (Å²) in [6, 6.07) is 5.50. The van der Waals surface area contributed by atoms with Gasteiger partial charge >= 0.3 is 6.18 Å². The number of aromatic nitrogens is 1. The summed E-state index contributed by atoms with van der Waals surface area (Å²) in [7, 11) is 0. The summed E-state index contributed by atoms with van der Waals surface area (Å²) in [5.41, 5.74) is -1.66. The Morgan fingerprint density at radius 2 is 1.91 bits per heavy atom. The molecule has 1 aliphatic rings. The molecule has 0 amide bonds. The number of ether oxygens (including phenoxy) is 1. The van der Waals surface area contributed by atoms with Crippen molar-refractivity contribution in [2.24, 2.45) is 11.3 Å². The molecule has 124 valence electrons. The van der Waals surface area contributed by atoms with Crippen molar-refractivity contribution in [1.82, 2.24) is 9.88 Å². The lowest BCUT2D eigenvalue weighted by atomic mass is 9.89. The first-order chi connectivity index (χ1) is 10.3. The summed E-state index contributed by atoms with van der Waals surface area (Å²) in [5, 5.41) is 0. The zero-order valence-electron chi connectivity index (χ0n) is 13.1. The fraction of sp³-hybridized carbons (Fsp3) is 0.688. The molecular weight excluding hydrogens is 293 g/mol. The average Bonchev–Trinajstić information content (AvgIpc) is 2.46. The molecule has 0 bridgehead atoms. The first-order valence-corrected chi connectivity index (χ1v) is 7.61. The Balaban J connectivity index is 1.74. The van der Waals surface area contributed by atoms with Gasteiger partial charge in [-0.05, 0) is 51.8 Å². The van der Waals surface area contributed by atoms with Crippen LogP contribution in [0.5, 0.6) is 5.88 Å². The summed E-state index contributed by atoms with van der Waals surface area (Å²) >= 11 is 0. The molecule has 3 nitrogen and oxygen atoms in total. The van der Waals surface area contributed by atoms with E-state index >= 15 is 0 Å². The first-order valence-electron chi connectivity index (χ1n) is 7.61. The van der Waals surface area contributed by atoms with Gasteiger partial charge in [-0.25, -0.2) is 4.98 Å². The van der Waals surface area contributed by atoms with E-state index in [0.717, 1.165) is 12.8 Å². The lowest BCUT2D eigenvalue weighted by molar-refractivity contribution is -0.217. The minimum Gasteiger partial charge on any atom is -0.477 e. The molecule has 6 heteroatoms. The van der Waals surface area contributed by atoms with E-state index in [0.29, 0.717) is 31.5 Å². The van der Waals surface area contributed by atoms with Gasteiger partial charge < -0.3 is 9.64 Å². The molecule has 1 aromatic heterocycles. The Hall–Kier alpha value is -1.30. The first kappa shape index (κ1) is 17.1. The Morgan fingerprint density at radius 1 is 1.23 bits per heavy atom. The average molecular weight is 316 g/mol. The Kier molecular flexibility index (Phi) is 5.32. The maximum Gasteiger partial charge on any atom is 0.395 e. The van der Waals surface area contributed by atoms with Crippen LogP contribution in [0.4, 0.5) is 13.2 Å². The fourth-order valence-corrected chi connectivity index (χ4v) is 2.60. The highest BCUT2D eigenvalue weighted by atomic mass is 19.4. The Labute approximate surface area is 129 Å². The zero-order valence-corrected chi connectivity index (χ0v) is 13.1. The molecule has 1 fully saturated rings. The predicted octanol–water partition coefficient (Wildman–Crippen LogP) is 3.76. The van der Waals surface area contributed by atoms with Crippen LogP contribution in [0.15, 0.2) is 24.4 Å². The van der Waals surface area contributed by atoms with E-state index in [1.165, 1.54) is 13.8 Å². The summed E-state index contributed by atoms with van der Waals surface area (Å²) in [4.78, 5) is 6.00. The number of alkyl halides is 3. The largest absolute Gasteiger partial charge is 0.477 e. The van der Waals surface area contributed by atoms with E-state index in [-0.39, 0.29) is 6.54 Å². The minimum atomic E-state index is -4.16. The van der Waals surface area contributed by atoms with Crippen molar-refractivity contribution in [2.75, 3.05) is 26.2 Å². The second kappa shape index (κ2) is 6.86. The lowest BCUT2D eigenvalue weighted by Gasteiger charge is -2.38. The molecule has 0 spiro atoms. The quantitative estimate of drug-likeness (QED) is 0.827. The van der Waals surface area contributed by atoms with Gasteiger partial charge in [0, 0.05) is 18.8 Å². The molecular formula is C16H23F3N2O. The number of hydrogen-bond donors (Lipinski definition) is 0. The van der Waals surface area contributed by atoms with Gasteiger partial charge in [-0.1, -0.05) is 6.07 Å². The van der Waals surface area contributed by atoms with E-state index in [1.54, 1.807) is 12.3 Å². The number of likely N-dealkylation sites (tertiary alicyclic amines) is 1. The number of hydrogen-bond acceptors (Lipinski definition) is 3. The van der Waals surface area contributed by atoms with Crippen molar-refractivity contribution in [1.29, 1.82) is 0 Å². The van der Waals surface area contributed by atoms with Crippen LogP contribution in [0.2, 0.25) is 0 Å². The van der Waals surface area contributed by atoms with Gasteiger partial charge in [0.25, 0.3) is 0 Å².